The number of aliphatic hydroxyl groups excluding tert-OH is 1. The fourth-order valence-electron chi connectivity index (χ4n) is 2.81. The molecule has 124 valence electrons. The van der Waals surface area contributed by atoms with Crippen molar-refractivity contribution >= 4 is 17.6 Å². The van der Waals surface area contributed by atoms with Gasteiger partial charge in [0.2, 0.25) is 0 Å². The van der Waals surface area contributed by atoms with Gasteiger partial charge in [-0.3, -0.25) is 14.6 Å². The Bertz CT molecular complexity index is 766. The molecular weight excluding hydrogens is 311 g/mol. The lowest BCUT2D eigenvalue weighted by molar-refractivity contribution is -0.127. The van der Waals surface area contributed by atoms with Crippen LogP contribution in [0.3, 0.4) is 0 Å². The van der Waals surface area contributed by atoms with Crippen molar-refractivity contribution < 1.29 is 19.1 Å². The highest BCUT2D eigenvalue weighted by molar-refractivity contribution is 6.14. The van der Waals surface area contributed by atoms with Gasteiger partial charge in [-0.1, -0.05) is 30.3 Å². The fourth-order valence-corrected chi connectivity index (χ4v) is 2.81. The van der Waals surface area contributed by atoms with Gasteiger partial charge in [0.05, 0.1) is 12.6 Å². The Morgan fingerprint density at radius 1 is 1.12 bits per heavy atom. The van der Waals surface area contributed by atoms with Crippen molar-refractivity contribution in [3.8, 4) is 0 Å². The highest BCUT2D eigenvalue weighted by atomic mass is 19.1. The first-order chi connectivity index (χ1) is 11.5. The van der Waals surface area contributed by atoms with Gasteiger partial charge in [0.25, 0.3) is 5.91 Å². The molecule has 5 nitrogen and oxygen atoms in total. The number of carbonyl (C=O) groups excluding carboxylic acids is 2. The van der Waals surface area contributed by atoms with E-state index in [1.165, 1.54) is 23.1 Å². The number of para-hydroxylation sites is 1. The maximum absolute atomic E-state index is 13.3. The average molecular weight is 328 g/mol. The molecule has 0 bridgehead atoms. The SMILES string of the molecule is C[C@@H]1C(=O)N(C[C@H](O)c2cccc(F)c2)C(=O)N1c1ccccc1. The molecule has 0 spiro atoms. The Hall–Kier alpha value is -2.73. The second kappa shape index (κ2) is 6.41. The number of rotatable bonds is 4. The first kappa shape index (κ1) is 16.1. The minimum Gasteiger partial charge on any atom is -0.387 e. The zero-order valence-electron chi connectivity index (χ0n) is 13.1. The predicted molar refractivity (Wildman–Crippen MR) is 86.9 cm³/mol. The van der Waals surface area contributed by atoms with E-state index < -0.39 is 24.0 Å². The van der Waals surface area contributed by atoms with Gasteiger partial charge in [-0.2, -0.15) is 0 Å². The summed E-state index contributed by atoms with van der Waals surface area (Å²) in [5, 5.41) is 10.3. The molecule has 1 N–H and O–H groups in total. The Labute approximate surface area is 138 Å². The largest absolute Gasteiger partial charge is 0.387 e. The number of urea groups is 1. The Balaban J connectivity index is 1.81. The van der Waals surface area contributed by atoms with E-state index in [4.69, 9.17) is 0 Å². The Morgan fingerprint density at radius 2 is 1.83 bits per heavy atom. The monoisotopic (exact) mass is 328 g/mol. The second-order valence-electron chi connectivity index (χ2n) is 5.68. The summed E-state index contributed by atoms with van der Waals surface area (Å²) >= 11 is 0. The highest BCUT2D eigenvalue weighted by Crippen LogP contribution is 2.27. The minimum absolute atomic E-state index is 0.213. The summed E-state index contributed by atoms with van der Waals surface area (Å²) in [6.07, 6.45) is -1.14. The summed E-state index contributed by atoms with van der Waals surface area (Å²) in [5.74, 6) is -0.871. The number of hydrogen-bond acceptors (Lipinski definition) is 3. The fraction of sp³-hybridized carbons (Fsp3) is 0.222. The molecule has 1 heterocycles. The molecule has 2 aromatic rings. The standard InChI is InChI=1S/C18H17FN2O3/c1-12-17(23)20(11-16(22)13-6-5-7-14(19)10-13)18(24)21(12)15-8-3-2-4-9-15/h2-10,12,16,22H,11H2,1H3/t12-,16+/m1/s1. The average Bonchev–Trinajstić information content (AvgIpc) is 2.79. The molecule has 1 aliphatic rings. The van der Waals surface area contributed by atoms with Gasteiger partial charge in [0, 0.05) is 5.69 Å². The van der Waals surface area contributed by atoms with Crippen molar-refractivity contribution in [1.29, 1.82) is 0 Å². The molecule has 0 radical (unpaired) electrons. The van der Waals surface area contributed by atoms with Gasteiger partial charge in [-0.05, 0) is 36.8 Å². The molecule has 0 saturated carbocycles. The summed E-state index contributed by atoms with van der Waals surface area (Å²) in [7, 11) is 0. The zero-order chi connectivity index (χ0) is 17.3. The molecule has 0 unspecified atom stereocenters. The summed E-state index contributed by atoms with van der Waals surface area (Å²) in [6, 6.07) is 13.2. The van der Waals surface area contributed by atoms with E-state index in [1.807, 2.05) is 6.07 Å². The van der Waals surface area contributed by atoms with Crippen LogP contribution in [-0.4, -0.2) is 34.5 Å². The summed E-state index contributed by atoms with van der Waals surface area (Å²) in [6.45, 7) is 1.43. The molecule has 0 aromatic heterocycles. The molecule has 3 rings (SSSR count). The van der Waals surface area contributed by atoms with Crippen LogP contribution in [0.2, 0.25) is 0 Å². The van der Waals surface area contributed by atoms with Crippen LogP contribution in [0, 0.1) is 5.82 Å². The highest BCUT2D eigenvalue weighted by Gasteiger charge is 2.43. The van der Waals surface area contributed by atoms with Gasteiger partial charge in [0.1, 0.15) is 11.9 Å². The first-order valence-corrected chi connectivity index (χ1v) is 7.62. The van der Waals surface area contributed by atoms with Gasteiger partial charge in [0.15, 0.2) is 0 Å². The van der Waals surface area contributed by atoms with Crippen LogP contribution < -0.4 is 4.90 Å². The van der Waals surface area contributed by atoms with Crippen molar-refractivity contribution in [2.75, 3.05) is 11.4 Å². The molecule has 24 heavy (non-hydrogen) atoms. The third kappa shape index (κ3) is 2.88. The van der Waals surface area contributed by atoms with E-state index in [1.54, 1.807) is 37.3 Å². The van der Waals surface area contributed by atoms with Gasteiger partial charge >= 0.3 is 6.03 Å². The number of aliphatic hydroxyl groups is 1. The number of amides is 3. The molecule has 1 saturated heterocycles. The third-order valence-corrected chi connectivity index (χ3v) is 4.07. The van der Waals surface area contributed by atoms with E-state index in [0.717, 1.165) is 4.90 Å². The van der Waals surface area contributed by atoms with E-state index in [0.29, 0.717) is 11.3 Å². The third-order valence-electron chi connectivity index (χ3n) is 4.07. The van der Waals surface area contributed by atoms with Gasteiger partial charge < -0.3 is 5.11 Å². The Morgan fingerprint density at radius 3 is 2.50 bits per heavy atom. The Kier molecular flexibility index (Phi) is 4.31. The quantitative estimate of drug-likeness (QED) is 0.878. The van der Waals surface area contributed by atoms with Crippen LogP contribution in [0.5, 0.6) is 0 Å². The van der Waals surface area contributed by atoms with Crippen LogP contribution in [0.25, 0.3) is 0 Å². The van der Waals surface area contributed by atoms with Crippen molar-refractivity contribution in [2.24, 2.45) is 0 Å². The van der Waals surface area contributed by atoms with Crippen LogP contribution in [0.4, 0.5) is 14.9 Å². The maximum atomic E-state index is 13.3. The normalized spacial score (nSPS) is 19.0. The van der Waals surface area contributed by atoms with Crippen molar-refractivity contribution in [3.05, 3.63) is 66.0 Å². The lowest BCUT2D eigenvalue weighted by Crippen LogP contribution is -2.36. The molecule has 1 aliphatic heterocycles. The maximum Gasteiger partial charge on any atom is 0.332 e. The second-order valence-corrected chi connectivity index (χ2v) is 5.68. The number of halogens is 1. The molecule has 1 fully saturated rings. The minimum atomic E-state index is -1.14. The van der Waals surface area contributed by atoms with Gasteiger partial charge in [-0.25, -0.2) is 9.18 Å². The molecule has 6 heteroatoms. The lowest BCUT2D eigenvalue weighted by Gasteiger charge is -2.20. The zero-order valence-corrected chi connectivity index (χ0v) is 13.1. The number of nitrogens with zero attached hydrogens (tertiary/aromatic N) is 2. The van der Waals surface area contributed by atoms with E-state index in [9.17, 15) is 19.1 Å². The smallest absolute Gasteiger partial charge is 0.332 e. The lowest BCUT2D eigenvalue weighted by atomic mass is 10.1. The van der Waals surface area contributed by atoms with Crippen LogP contribution in [0.15, 0.2) is 54.6 Å². The number of β-amino-alcohol motifs (C(OH)–C–C–N with tert-alkyl or cyclic N) is 1. The number of hydrogen-bond donors (Lipinski definition) is 1. The van der Waals surface area contributed by atoms with Crippen molar-refractivity contribution in [2.45, 2.75) is 19.1 Å². The van der Waals surface area contributed by atoms with E-state index >= 15 is 0 Å². The molecule has 2 aromatic carbocycles. The van der Waals surface area contributed by atoms with Crippen molar-refractivity contribution in [1.82, 2.24) is 4.90 Å². The van der Waals surface area contributed by atoms with E-state index in [2.05, 4.69) is 0 Å². The number of carbonyl (C=O) groups is 2. The number of benzene rings is 2. The van der Waals surface area contributed by atoms with Gasteiger partial charge in [-0.15, -0.1) is 0 Å². The number of anilines is 1. The molecular formula is C18H17FN2O3. The van der Waals surface area contributed by atoms with Crippen LogP contribution >= 0.6 is 0 Å². The summed E-state index contributed by atoms with van der Waals surface area (Å²) in [5.41, 5.74) is 0.938. The molecule has 2 atom stereocenters. The van der Waals surface area contributed by atoms with Crippen molar-refractivity contribution in [3.63, 3.8) is 0 Å². The molecule has 3 amide bonds. The van der Waals surface area contributed by atoms with E-state index in [-0.39, 0.29) is 12.5 Å². The summed E-state index contributed by atoms with van der Waals surface area (Å²) in [4.78, 5) is 27.4. The topological polar surface area (TPSA) is 60.9 Å². The number of imide groups is 1. The predicted octanol–water partition coefficient (Wildman–Crippen LogP) is 2.72. The van der Waals surface area contributed by atoms with Crippen LogP contribution in [0.1, 0.15) is 18.6 Å². The summed E-state index contributed by atoms with van der Waals surface area (Å²) < 4.78 is 13.3. The molecule has 0 aliphatic carbocycles. The first-order valence-electron chi connectivity index (χ1n) is 7.62. The van der Waals surface area contributed by atoms with Crippen LogP contribution in [-0.2, 0) is 4.79 Å².